The molecule has 0 saturated carbocycles. The van der Waals surface area contributed by atoms with Crippen LogP contribution in [0, 0.1) is 13.8 Å². The fourth-order valence-corrected chi connectivity index (χ4v) is 3.04. The number of aryl methyl sites for hydroxylation is 2. The summed E-state index contributed by atoms with van der Waals surface area (Å²) >= 11 is 0. The fraction of sp³-hybridized carbons (Fsp3) is 0.316. The third-order valence-electron chi connectivity index (χ3n) is 4.48. The van der Waals surface area contributed by atoms with Gasteiger partial charge in [-0.05, 0) is 38.0 Å². The van der Waals surface area contributed by atoms with Crippen molar-refractivity contribution in [1.82, 2.24) is 9.78 Å². The number of anilines is 1. The van der Waals surface area contributed by atoms with Gasteiger partial charge in [0.05, 0.1) is 5.69 Å². The van der Waals surface area contributed by atoms with Gasteiger partial charge in [-0.15, -0.1) is 0 Å². The summed E-state index contributed by atoms with van der Waals surface area (Å²) in [4.78, 5) is 25.9. The van der Waals surface area contributed by atoms with Gasteiger partial charge in [-0.3, -0.25) is 9.48 Å². The Morgan fingerprint density at radius 2 is 2.04 bits per heavy atom. The lowest BCUT2D eigenvalue weighted by molar-refractivity contribution is -0.142. The van der Waals surface area contributed by atoms with E-state index in [1.165, 1.54) is 6.08 Å². The molecule has 0 aliphatic carbocycles. The maximum atomic E-state index is 12.3. The van der Waals surface area contributed by atoms with Crippen molar-refractivity contribution in [1.29, 1.82) is 0 Å². The molecule has 0 N–H and O–H groups in total. The molecule has 6 heteroatoms. The number of nitrogens with zero attached hydrogens (tertiary/aromatic N) is 3. The largest absolute Gasteiger partial charge is 0.452 e. The molecule has 1 amide bonds. The van der Waals surface area contributed by atoms with E-state index in [9.17, 15) is 9.59 Å². The molecule has 0 spiro atoms. The van der Waals surface area contributed by atoms with Gasteiger partial charge in [-0.1, -0.05) is 18.2 Å². The molecule has 2 aromatic rings. The van der Waals surface area contributed by atoms with Gasteiger partial charge in [0.15, 0.2) is 6.61 Å². The molecule has 2 heterocycles. The van der Waals surface area contributed by atoms with Crippen LogP contribution in [0.5, 0.6) is 0 Å². The summed E-state index contributed by atoms with van der Waals surface area (Å²) in [5.41, 5.74) is 4.74. The molecule has 1 aromatic carbocycles. The van der Waals surface area contributed by atoms with Crippen LogP contribution in [-0.4, -0.2) is 34.8 Å². The lowest BCUT2D eigenvalue weighted by Crippen LogP contribution is -2.33. The Balaban J connectivity index is 1.58. The molecule has 0 fully saturated rings. The Labute approximate surface area is 146 Å². The smallest absolute Gasteiger partial charge is 0.331 e. The molecule has 0 saturated heterocycles. The number of fused-ring (bicyclic) bond motifs is 1. The molecule has 0 radical (unpaired) electrons. The highest BCUT2D eigenvalue weighted by Crippen LogP contribution is 2.27. The molecule has 25 heavy (non-hydrogen) atoms. The van der Waals surface area contributed by atoms with Crippen LogP contribution >= 0.6 is 0 Å². The molecule has 0 unspecified atom stereocenters. The Bertz CT molecular complexity index is 852. The van der Waals surface area contributed by atoms with Gasteiger partial charge in [-0.25, -0.2) is 4.79 Å². The maximum Gasteiger partial charge on any atom is 0.331 e. The predicted molar refractivity (Wildman–Crippen MR) is 95.2 cm³/mol. The van der Waals surface area contributed by atoms with Crippen LogP contribution in [-0.2, 0) is 27.8 Å². The number of amides is 1. The standard InChI is InChI=1S/C19H21N3O3/c1-13-16(14(2)21(3)20-13)8-9-19(24)25-12-18(23)22-11-10-15-6-4-5-7-17(15)22/h4-9H,10-12H2,1-3H3/b9-8-. The number of hydrogen-bond acceptors (Lipinski definition) is 4. The SMILES string of the molecule is Cc1nn(C)c(C)c1/C=C\C(=O)OCC(=O)N1CCc2ccccc21. The Hall–Kier alpha value is -2.89. The predicted octanol–water partition coefficient (Wildman–Crippen LogP) is 2.18. The van der Waals surface area contributed by atoms with E-state index in [4.69, 9.17) is 4.74 Å². The molecule has 1 aliphatic rings. The van der Waals surface area contributed by atoms with Crippen molar-refractivity contribution >= 4 is 23.6 Å². The first-order valence-electron chi connectivity index (χ1n) is 8.20. The first-order valence-corrected chi connectivity index (χ1v) is 8.20. The third-order valence-corrected chi connectivity index (χ3v) is 4.48. The van der Waals surface area contributed by atoms with E-state index in [0.717, 1.165) is 34.6 Å². The molecular weight excluding hydrogens is 318 g/mol. The summed E-state index contributed by atoms with van der Waals surface area (Å²) in [5.74, 6) is -0.746. The number of para-hydroxylation sites is 1. The monoisotopic (exact) mass is 339 g/mol. The van der Waals surface area contributed by atoms with Gasteiger partial charge < -0.3 is 9.64 Å². The number of esters is 1. The number of carbonyl (C=O) groups excluding carboxylic acids is 2. The van der Waals surface area contributed by atoms with Crippen molar-refractivity contribution in [2.75, 3.05) is 18.1 Å². The Morgan fingerprint density at radius 1 is 1.28 bits per heavy atom. The van der Waals surface area contributed by atoms with Crippen molar-refractivity contribution in [2.45, 2.75) is 20.3 Å². The van der Waals surface area contributed by atoms with Crippen LogP contribution in [0.2, 0.25) is 0 Å². The average molecular weight is 339 g/mol. The van der Waals surface area contributed by atoms with Crippen molar-refractivity contribution in [3.63, 3.8) is 0 Å². The van der Waals surface area contributed by atoms with Crippen LogP contribution in [0.4, 0.5) is 5.69 Å². The fourth-order valence-electron chi connectivity index (χ4n) is 3.04. The highest BCUT2D eigenvalue weighted by molar-refractivity contribution is 5.98. The zero-order chi connectivity index (χ0) is 18.0. The highest BCUT2D eigenvalue weighted by atomic mass is 16.5. The van der Waals surface area contributed by atoms with E-state index < -0.39 is 5.97 Å². The second-order valence-corrected chi connectivity index (χ2v) is 6.07. The topological polar surface area (TPSA) is 64.4 Å². The summed E-state index contributed by atoms with van der Waals surface area (Å²) in [5, 5.41) is 4.29. The molecule has 0 bridgehead atoms. The number of ether oxygens (including phenoxy) is 1. The normalized spacial score (nSPS) is 13.3. The molecule has 3 rings (SSSR count). The number of hydrogen-bond donors (Lipinski definition) is 0. The first kappa shape index (κ1) is 17.0. The second-order valence-electron chi connectivity index (χ2n) is 6.07. The number of aromatic nitrogens is 2. The van der Waals surface area contributed by atoms with Gasteiger partial charge in [0.25, 0.3) is 5.91 Å². The third kappa shape index (κ3) is 3.47. The lowest BCUT2D eigenvalue weighted by Gasteiger charge is -2.16. The minimum Gasteiger partial charge on any atom is -0.452 e. The van der Waals surface area contributed by atoms with E-state index >= 15 is 0 Å². The summed E-state index contributed by atoms with van der Waals surface area (Å²) in [6.45, 7) is 4.17. The van der Waals surface area contributed by atoms with Crippen molar-refractivity contribution < 1.29 is 14.3 Å². The molecular formula is C19H21N3O3. The summed E-state index contributed by atoms with van der Waals surface area (Å²) in [7, 11) is 1.85. The van der Waals surface area contributed by atoms with E-state index in [0.29, 0.717) is 6.54 Å². The van der Waals surface area contributed by atoms with Crippen LogP contribution in [0.1, 0.15) is 22.5 Å². The Kier molecular flexibility index (Phi) is 4.70. The minimum atomic E-state index is -0.538. The average Bonchev–Trinajstić information content (AvgIpc) is 3.13. The van der Waals surface area contributed by atoms with E-state index in [1.807, 2.05) is 45.2 Å². The first-order chi connectivity index (χ1) is 12.0. The summed E-state index contributed by atoms with van der Waals surface area (Å²) < 4.78 is 6.85. The van der Waals surface area contributed by atoms with E-state index in [-0.39, 0.29) is 12.5 Å². The molecule has 1 aromatic heterocycles. The summed E-state index contributed by atoms with van der Waals surface area (Å²) in [6, 6.07) is 7.78. The van der Waals surface area contributed by atoms with Crippen LogP contribution in [0.25, 0.3) is 6.08 Å². The number of carbonyl (C=O) groups is 2. The van der Waals surface area contributed by atoms with Crippen LogP contribution in [0.3, 0.4) is 0 Å². The van der Waals surface area contributed by atoms with Crippen molar-refractivity contribution in [3.8, 4) is 0 Å². The highest BCUT2D eigenvalue weighted by Gasteiger charge is 2.24. The van der Waals surface area contributed by atoms with Crippen molar-refractivity contribution in [2.24, 2.45) is 7.05 Å². The minimum absolute atomic E-state index is 0.208. The number of benzene rings is 1. The maximum absolute atomic E-state index is 12.3. The lowest BCUT2D eigenvalue weighted by atomic mass is 10.2. The van der Waals surface area contributed by atoms with Gasteiger partial charge >= 0.3 is 5.97 Å². The number of rotatable bonds is 4. The van der Waals surface area contributed by atoms with Crippen molar-refractivity contribution in [3.05, 3.63) is 52.9 Å². The Morgan fingerprint density at radius 3 is 2.76 bits per heavy atom. The van der Waals surface area contributed by atoms with Gasteiger partial charge in [0, 0.05) is 36.6 Å². The van der Waals surface area contributed by atoms with E-state index in [2.05, 4.69) is 5.10 Å². The van der Waals surface area contributed by atoms with Gasteiger partial charge in [0.1, 0.15) is 0 Å². The van der Waals surface area contributed by atoms with E-state index in [1.54, 1.807) is 15.7 Å². The summed E-state index contributed by atoms with van der Waals surface area (Å²) in [6.07, 6.45) is 3.84. The quantitative estimate of drug-likeness (QED) is 0.633. The van der Waals surface area contributed by atoms with Crippen LogP contribution < -0.4 is 4.90 Å². The zero-order valence-corrected chi connectivity index (χ0v) is 14.7. The second kappa shape index (κ2) is 6.93. The molecule has 130 valence electrons. The van der Waals surface area contributed by atoms with Gasteiger partial charge in [-0.2, -0.15) is 5.10 Å². The molecule has 0 atom stereocenters. The van der Waals surface area contributed by atoms with Gasteiger partial charge in [0.2, 0.25) is 0 Å². The zero-order valence-electron chi connectivity index (χ0n) is 14.7. The molecule has 1 aliphatic heterocycles. The van der Waals surface area contributed by atoms with Crippen LogP contribution in [0.15, 0.2) is 30.3 Å². The molecule has 6 nitrogen and oxygen atoms in total.